The molecule has 0 atom stereocenters. The highest BCUT2D eigenvalue weighted by Gasteiger charge is 2.26. The third kappa shape index (κ3) is 3.76. The van der Waals surface area contributed by atoms with Gasteiger partial charge >= 0.3 is 0 Å². The van der Waals surface area contributed by atoms with Crippen molar-refractivity contribution in [2.75, 3.05) is 0 Å². The fraction of sp³-hybridized carbons (Fsp3) is 0.273. The molecule has 0 radical (unpaired) electrons. The Morgan fingerprint density at radius 2 is 1.78 bits per heavy atom. The van der Waals surface area contributed by atoms with E-state index in [1.165, 1.54) is 0 Å². The summed E-state index contributed by atoms with van der Waals surface area (Å²) in [5, 5.41) is 5.03. The fourth-order valence-electron chi connectivity index (χ4n) is 3.48. The van der Waals surface area contributed by atoms with Gasteiger partial charge in [-0.15, -0.1) is 0 Å². The van der Waals surface area contributed by atoms with E-state index in [0.717, 1.165) is 34.5 Å². The van der Waals surface area contributed by atoms with E-state index in [4.69, 9.17) is 17.3 Å². The van der Waals surface area contributed by atoms with Crippen LogP contribution < -0.4 is 5.73 Å². The van der Waals surface area contributed by atoms with Gasteiger partial charge in [-0.1, -0.05) is 44.5 Å². The van der Waals surface area contributed by atoms with Crippen LogP contribution in [0.15, 0.2) is 48.7 Å². The van der Waals surface area contributed by atoms with Crippen molar-refractivity contribution in [3.63, 3.8) is 0 Å². The lowest BCUT2D eigenvalue weighted by atomic mass is 9.77. The summed E-state index contributed by atoms with van der Waals surface area (Å²) in [4.78, 5) is 12.4. The topological polar surface area (TPSA) is 60.9 Å². The largest absolute Gasteiger partial charge is 0.366 e. The summed E-state index contributed by atoms with van der Waals surface area (Å²) in [5.74, 6) is -0.431. The number of primary amides is 1. The van der Waals surface area contributed by atoms with E-state index in [-0.39, 0.29) is 5.41 Å². The van der Waals surface area contributed by atoms with E-state index >= 15 is 0 Å². The Labute approximate surface area is 165 Å². The molecule has 0 bridgehead atoms. The van der Waals surface area contributed by atoms with Crippen LogP contribution in [0.5, 0.6) is 0 Å². The summed E-state index contributed by atoms with van der Waals surface area (Å²) in [7, 11) is 0. The lowest BCUT2D eigenvalue weighted by Gasteiger charge is -2.27. The van der Waals surface area contributed by atoms with Crippen molar-refractivity contribution in [2.24, 2.45) is 5.73 Å². The van der Waals surface area contributed by atoms with Crippen LogP contribution in [0.1, 0.15) is 43.6 Å². The summed E-state index contributed by atoms with van der Waals surface area (Å²) in [5.41, 5.74) is 10.9. The molecular weight excluding hydrogens is 358 g/mol. The molecule has 27 heavy (non-hydrogen) atoms. The highest BCUT2D eigenvalue weighted by atomic mass is 35.5. The van der Waals surface area contributed by atoms with Crippen molar-refractivity contribution in [2.45, 2.75) is 39.7 Å². The van der Waals surface area contributed by atoms with Crippen molar-refractivity contribution in [1.82, 2.24) is 9.78 Å². The number of amides is 1. The van der Waals surface area contributed by atoms with Crippen LogP contribution in [-0.4, -0.2) is 15.7 Å². The summed E-state index contributed by atoms with van der Waals surface area (Å²) in [6.45, 7) is 9.04. The molecule has 2 aromatic carbocycles. The molecule has 3 rings (SSSR count). The number of benzene rings is 2. The number of aromatic nitrogens is 2. The smallest absolute Gasteiger partial charge is 0.249 e. The first-order valence-electron chi connectivity index (χ1n) is 8.98. The second-order valence-electron chi connectivity index (χ2n) is 7.60. The van der Waals surface area contributed by atoms with Crippen molar-refractivity contribution >= 4 is 17.5 Å². The average molecular weight is 382 g/mol. The Hall–Kier alpha value is -2.59. The van der Waals surface area contributed by atoms with Crippen molar-refractivity contribution in [1.29, 1.82) is 0 Å². The maximum absolute atomic E-state index is 12.4. The number of carbonyl (C=O) groups is 1. The van der Waals surface area contributed by atoms with Crippen LogP contribution in [-0.2, 0) is 12.0 Å². The fourth-order valence-corrected chi connectivity index (χ4v) is 3.61. The van der Waals surface area contributed by atoms with Crippen LogP contribution in [0.25, 0.3) is 22.4 Å². The Kier molecular flexibility index (Phi) is 5.11. The molecule has 0 aliphatic heterocycles. The minimum absolute atomic E-state index is 0.261. The molecule has 1 amide bonds. The maximum Gasteiger partial charge on any atom is 0.249 e. The predicted molar refractivity (Wildman–Crippen MR) is 111 cm³/mol. The molecular formula is C22H24ClN3O. The molecule has 0 saturated heterocycles. The van der Waals surface area contributed by atoms with E-state index in [2.05, 4.69) is 31.9 Å². The van der Waals surface area contributed by atoms with E-state index in [1.807, 2.05) is 48.0 Å². The Balaban J connectivity index is 2.37. The summed E-state index contributed by atoms with van der Waals surface area (Å²) >= 11 is 6.08. The normalized spacial score (nSPS) is 11.6. The second-order valence-corrected chi connectivity index (χ2v) is 8.04. The predicted octanol–water partition coefficient (Wildman–Crippen LogP) is 5.29. The van der Waals surface area contributed by atoms with Gasteiger partial charge in [0.1, 0.15) is 0 Å². The third-order valence-electron chi connectivity index (χ3n) is 4.62. The number of carbonyl (C=O) groups excluding carboxylic acids is 1. The van der Waals surface area contributed by atoms with Gasteiger partial charge in [0.15, 0.2) is 0 Å². The van der Waals surface area contributed by atoms with Crippen molar-refractivity contribution < 1.29 is 4.79 Å². The van der Waals surface area contributed by atoms with Crippen LogP contribution in [0.3, 0.4) is 0 Å². The van der Waals surface area contributed by atoms with Gasteiger partial charge in [-0.05, 0) is 59.4 Å². The molecule has 0 spiro atoms. The molecule has 0 aliphatic rings. The van der Waals surface area contributed by atoms with E-state index in [0.29, 0.717) is 10.6 Å². The van der Waals surface area contributed by atoms with Gasteiger partial charge in [-0.25, -0.2) is 0 Å². The number of halogens is 1. The zero-order chi connectivity index (χ0) is 19.8. The molecule has 3 aromatic rings. The van der Waals surface area contributed by atoms with Gasteiger partial charge in [-0.3, -0.25) is 9.48 Å². The Morgan fingerprint density at radius 1 is 1.11 bits per heavy atom. The van der Waals surface area contributed by atoms with Gasteiger partial charge in [0.05, 0.1) is 5.69 Å². The number of nitrogens with two attached hydrogens (primary N) is 1. The number of hydrogen-bond donors (Lipinski definition) is 1. The molecule has 0 aliphatic carbocycles. The standard InChI is InChI=1S/C22H24ClN3O/c1-5-26-19(10-11-25-26)15-12-17(14-6-8-16(23)9-7-14)20(22(2,3)4)18(13-15)21(24)27/h6-13H,5H2,1-4H3,(H2,24,27). The van der Waals surface area contributed by atoms with Crippen LogP contribution in [0, 0.1) is 0 Å². The molecule has 5 heteroatoms. The molecule has 1 heterocycles. The lowest BCUT2D eigenvalue weighted by molar-refractivity contribution is 0.0998. The highest BCUT2D eigenvalue weighted by molar-refractivity contribution is 6.30. The summed E-state index contributed by atoms with van der Waals surface area (Å²) in [6.07, 6.45) is 1.77. The van der Waals surface area contributed by atoms with Crippen LogP contribution in [0.2, 0.25) is 5.02 Å². The SMILES string of the molecule is CCn1nccc1-c1cc(C(N)=O)c(C(C)(C)C)c(-c2ccc(Cl)cc2)c1. The van der Waals surface area contributed by atoms with Gasteiger partial charge in [0, 0.05) is 28.9 Å². The monoisotopic (exact) mass is 381 g/mol. The molecule has 4 nitrogen and oxygen atoms in total. The van der Waals surface area contributed by atoms with Gasteiger partial charge in [0.2, 0.25) is 5.91 Å². The average Bonchev–Trinajstić information content (AvgIpc) is 3.09. The van der Waals surface area contributed by atoms with Crippen molar-refractivity contribution in [3.05, 3.63) is 64.8 Å². The van der Waals surface area contributed by atoms with Crippen LogP contribution in [0.4, 0.5) is 0 Å². The van der Waals surface area contributed by atoms with Gasteiger partial charge in [-0.2, -0.15) is 5.10 Å². The van der Waals surface area contributed by atoms with E-state index in [1.54, 1.807) is 6.20 Å². The quantitative estimate of drug-likeness (QED) is 0.667. The Morgan fingerprint density at radius 3 is 2.33 bits per heavy atom. The first-order chi connectivity index (χ1) is 12.7. The van der Waals surface area contributed by atoms with Crippen LogP contribution >= 0.6 is 11.6 Å². The summed E-state index contributed by atoms with van der Waals surface area (Å²) in [6, 6.07) is 13.6. The first-order valence-corrected chi connectivity index (χ1v) is 9.36. The van der Waals surface area contributed by atoms with Gasteiger partial charge < -0.3 is 5.73 Å². The Bertz CT molecular complexity index is 982. The minimum Gasteiger partial charge on any atom is -0.366 e. The number of hydrogen-bond acceptors (Lipinski definition) is 2. The molecule has 0 saturated carbocycles. The third-order valence-corrected chi connectivity index (χ3v) is 4.87. The zero-order valence-electron chi connectivity index (χ0n) is 16.1. The maximum atomic E-state index is 12.4. The lowest BCUT2D eigenvalue weighted by Crippen LogP contribution is -2.22. The molecule has 0 fully saturated rings. The number of aryl methyl sites for hydroxylation is 1. The van der Waals surface area contributed by atoms with E-state index in [9.17, 15) is 4.79 Å². The van der Waals surface area contributed by atoms with Crippen molar-refractivity contribution in [3.8, 4) is 22.4 Å². The molecule has 140 valence electrons. The molecule has 2 N–H and O–H groups in total. The number of rotatable bonds is 4. The minimum atomic E-state index is -0.431. The first kappa shape index (κ1) is 19.2. The highest BCUT2D eigenvalue weighted by Crippen LogP contribution is 2.39. The second kappa shape index (κ2) is 7.20. The summed E-state index contributed by atoms with van der Waals surface area (Å²) < 4.78 is 1.91. The number of nitrogens with zero attached hydrogens (tertiary/aromatic N) is 2. The van der Waals surface area contributed by atoms with E-state index < -0.39 is 5.91 Å². The van der Waals surface area contributed by atoms with Gasteiger partial charge in [0.25, 0.3) is 0 Å². The molecule has 1 aromatic heterocycles. The zero-order valence-corrected chi connectivity index (χ0v) is 16.8. The molecule has 0 unspecified atom stereocenters.